The van der Waals surface area contributed by atoms with Gasteiger partial charge in [0.25, 0.3) is 0 Å². The van der Waals surface area contributed by atoms with Crippen molar-refractivity contribution in [3.05, 3.63) is 29.6 Å². The minimum absolute atomic E-state index is 0.0814. The molecule has 3 heteroatoms. The second-order valence-corrected chi connectivity index (χ2v) is 5.47. The van der Waals surface area contributed by atoms with Crippen molar-refractivity contribution in [1.29, 1.82) is 0 Å². The van der Waals surface area contributed by atoms with Crippen molar-refractivity contribution < 1.29 is 5.11 Å². The number of imidazole rings is 1. The lowest BCUT2D eigenvalue weighted by Crippen LogP contribution is -2.16. The van der Waals surface area contributed by atoms with Crippen molar-refractivity contribution in [2.24, 2.45) is 7.05 Å². The molecule has 0 radical (unpaired) electrons. The number of aliphatic hydroxyl groups is 1. The molecule has 0 bridgehead atoms. The van der Waals surface area contributed by atoms with Gasteiger partial charge in [0.2, 0.25) is 0 Å². The predicted molar refractivity (Wildman–Crippen MR) is 72.7 cm³/mol. The van der Waals surface area contributed by atoms with E-state index in [0.717, 1.165) is 37.0 Å². The molecule has 1 aromatic carbocycles. The minimum Gasteiger partial charge on any atom is -0.393 e. The van der Waals surface area contributed by atoms with Crippen LogP contribution in [0.1, 0.15) is 43.0 Å². The van der Waals surface area contributed by atoms with Gasteiger partial charge in [-0.1, -0.05) is 6.07 Å². The fourth-order valence-corrected chi connectivity index (χ4v) is 3.00. The van der Waals surface area contributed by atoms with E-state index in [1.807, 2.05) is 6.92 Å². The minimum atomic E-state index is -0.0814. The van der Waals surface area contributed by atoms with Crippen molar-refractivity contribution >= 4 is 11.0 Å². The van der Waals surface area contributed by atoms with Gasteiger partial charge in [0.05, 0.1) is 17.1 Å². The maximum Gasteiger partial charge on any atom is 0.106 e. The van der Waals surface area contributed by atoms with Gasteiger partial charge in [-0.2, -0.15) is 0 Å². The number of benzene rings is 1. The molecule has 96 valence electrons. The molecule has 3 rings (SSSR count). The molecular formula is C15H20N2O. The molecule has 0 saturated heterocycles. The summed E-state index contributed by atoms with van der Waals surface area (Å²) in [7, 11) is 2.06. The van der Waals surface area contributed by atoms with E-state index in [0.29, 0.717) is 5.92 Å². The number of aryl methyl sites for hydroxylation is 2. The third kappa shape index (κ3) is 1.93. The first-order chi connectivity index (χ1) is 8.65. The number of fused-ring (bicyclic) bond motifs is 1. The van der Waals surface area contributed by atoms with Crippen LogP contribution < -0.4 is 0 Å². The zero-order valence-electron chi connectivity index (χ0n) is 11.1. The van der Waals surface area contributed by atoms with Crippen LogP contribution in [-0.4, -0.2) is 20.8 Å². The summed E-state index contributed by atoms with van der Waals surface area (Å²) < 4.78 is 2.13. The maximum absolute atomic E-state index is 9.57. The molecular weight excluding hydrogens is 224 g/mol. The number of aliphatic hydroxyl groups excluding tert-OH is 1. The summed E-state index contributed by atoms with van der Waals surface area (Å²) in [6.45, 7) is 2.04. The standard InChI is InChI=1S/C15H20N2O/c1-10-16-14-9-12(5-8-15(14)17(10)2)11-3-6-13(18)7-4-11/h5,8-9,11,13,18H,3-4,6-7H2,1-2H3. The molecule has 0 unspecified atom stereocenters. The van der Waals surface area contributed by atoms with Crippen molar-refractivity contribution in [1.82, 2.24) is 9.55 Å². The highest BCUT2D eigenvalue weighted by molar-refractivity contribution is 5.77. The highest BCUT2D eigenvalue weighted by Gasteiger charge is 2.21. The molecule has 0 aliphatic heterocycles. The Hall–Kier alpha value is -1.35. The molecule has 1 saturated carbocycles. The Kier molecular flexibility index (Phi) is 2.86. The molecule has 1 N–H and O–H groups in total. The number of nitrogens with zero attached hydrogens (tertiary/aromatic N) is 2. The monoisotopic (exact) mass is 244 g/mol. The second kappa shape index (κ2) is 4.39. The van der Waals surface area contributed by atoms with Gasteiger partial charge in [0.1, 0.15) is 5.82 Å². The zero-order chi connectivity index (χ0) is 12.7. The van der Waals surface area contributed by atoms with Crippen LogP contribution in [0.25, 0.3) is 11.0 Å². The molecule has 1 heterocycles. The van der Waals surface area contributed by atoms with Gasteiger partial charge in [-0.25, -0.2) is 4.98 Å². The average Bonchev–Trinajstić information content (AvgIpc) is 2.65. The van der Waals surface area contributed by atoms with Gasteiger partial charge in [-0.3, -0.25) is 0 Å². The van der Waals surface area contributed by atoms with E-state index in [4.69, 9.17) is 0 Å². The van der Waals surface area contributed by atoms with Gasteiger partial charge >= 0.3 is 0 Å². The summed E-state index contributed by atoms with van der Waals surface area (Å²) in [4.78, 5) is 4.60. The van der Waals surface area contributed by atoms with Crippen molar-refractivity contribution in [2.45, 2.75) is 44.6 Å². The molecule has 0 amide bonds. The van der Waals surface area contributed by atoms with Crippen LogP contribution in [0.4, 0.5) is 0 Å². The largest absolute Gasteiger partial charge is 0.393 e. The van der Waals surface area contributed by atoms with Crippen molar-refractivity contribution in [3.63, 3.8) is 0 Å². The van der Waals surface area contributed by atoms with E-state index >= 15 is 0 Å². The van der Waals surface area contributed by atoms with E-state index in [-0.39, 0.29) is 6.10 Å². The molecule has 1 aliphatic rings. The Labute approximate surface area is 107 Å². The lowest BCUT2D eigenvalue weighted by Gasteiger charge is -2.25. The van der Waals surface area contributed by atoms with E-state index in [9.17, 15) is 5.11 Å². The molecule has 1 aliphatic carbocycles. The van der Waals surface area contributed by atoms with Crippen LogP contribution in [0.15, 0.2) is 18.2 Å². The Balaban J connectivity index is 1.93. The van der Waals surface area contributed by atoms with Gasteiger partial charge < -0.3 is 9.67 Å². The summed E-state index contributed by atoms with van der Waals surface area (Å²) in [5.41, 5.74) is 3.68. The summed E-state index contributed by atoms with van der Waals surface area (Å²) in [6.07, 6.45) is 3.98. The molecule has 18 heavy (non-hydrogen) atoms. The highest BCUT2D eigenvalue weighted by Crippen LogP contribution is 2.34. The van der Waals surface area contributed by atoms with Crippen LogP contribution in [-0.2, 0) is 7.05 Å². The summed E-state index contributed by atoms with van der Waals surface area (Å²) in [5.74, 6) is 1.65. The fourth-order valence-electron chi connectivity index (χ4n) is 3.00. The molecule has 3 nitrogen and oxygen atoms in total. The maximum atomic E-state index is 9.57. The first-order valence-electron chi connectivity index (χ1n) is 6.76. The Morgan fingerprint density at radius 1 is 1.22 bits per heavy atom. The SMILES string of the molecule is Cc1nc2cc(C3CCC(O)CC3)ccc2n1C. The van der Waals surface area contributed by atoms with Crippen LogP contribution in [0, 0.1) is 6.92 Å². The van der Waals surface area contributed by atoms with Gasteiger partial charge in [0, 0.05) is 7.05 Å². The average molecular weight is 244 g/mol. The first kappa shape index (κ1) is 11.7. The van der Waals surface area contributed by atoms with E-state index in [1.54, 1.807) is 0 Å². The third-order valence-corrected chi connectivity index (χ3v) is 4.30. The molecule has 1 aromatic heterocycles. The smallest absolute Gasteiger partial charge is 0.106 e. The van der Waals surface area contributed by atoms with E-state index in [2.05, 4.69) is 34.8 Å². The Bertz CT molecular complexity index is 565. The Morgan fingerprint density at radius 2 is 1.94 bits per heavy atom. The van der Waals surface area contributed by atoms with Crippen molar-refractivity contribution in [3.8, 4) is 0 Å². The number of rotatable bonds is 1. The quantitative estimate of drug-likeness (QED) is 0.837. The first-order valence-corrected chi connectivity index (χ1v) is 6.76. The van der Waals surface area contributed by atoms with E-state index < -0.39 is 0 Å². The van der Waals surface area contributed by atoms with Crippen LogP contribution in [0.5, 0.6) is 0 Å². The van der Waals surface area contributed by atoms with Crippen LogP contribution in [0.3, 0.4) is 0 Å². The zero-order valence-corrected chi connectivity index (χ0v) is 11.1. The topological polar surface area (TPSA) is 38.1 Å². The van der Waals surface area contributed by atoms with Gasteiger partial charge in [-0.15, -0.1) is 0 Å². The molecule has 2 aromatic rings. The van der Waals surface area contributed by atoms with Crippen molar-refractivity contribution in [2.75, 3.05) is 0 Å². The molecule has 0 spiro atoms. The highest BCUT2D eigenvalue weighted by atomic mass is 16.3. The number of aromatic nitrogens is 2. The Morgan fingerprint density at radius 3 is 2.67 bits per heavy atom. The lowest BCUT2D eigenvalue weighted by molar-refractivity contribution is 0.122. The molecule has 0 atom stereocenters. The van der Waals surface area contributed by atoms with Crippen LogP contribution in [0.2, 0.25) is 0 Å². The van der Waals surface area contributed by atoms with E-state index in [1.165, 1.54) is 11.1 Å². The van der Waals surface area contributed by atoms with Crippen LogP contribution >= 0.6 is 0 Å². The lowest BCUT2D eigenvalue weighted by atomic mass is 9.83. The number of hydrogen-bond donors (Lipinski definition) is 1. The van der Waals surface area contributed by atoms with Gasteiger partial charge in [0.15, 0.2) is 0 Å². The normalized spacial score (nSPS) is 24.6. The molecule has 1 fully saturated rings. The summed E-state index contributed by atoms with van der Waals surface area (Å²) >= 11 is 0. The summed E-state index contributed by atoms with van der Waals surface area (Å²) in [6, 6.07) is 6.63. The second-order valence-electron chi connectivity index (χ2n) is 5.47. The van der Waals surface area contributed by atoms with Gasteiger partial charge in [-0.05, 0) is 56.2 Å². The fraction of sp³-hybridized carbons (Fsp3) is 0.533. The summed E-state index contributed by atoms with van der Waals surface area (Å²) in [5, 5.41) is 9.57. The third-order valence-electron chi connectivity index (χ3n) is 4.30. The predicted octanol–water partition coefficient (Wildman–Crippen LogP) is 2.90. The number of hydrogen-bond acceptors (Lipinski definition) is 2.